The molecule has 5 heterocycles. The highest BCUT2D eigenvalue weighted by molar-refractivity contribution is 5.98. The number of benzene rings is 1. The molecule has 6 rings (SSSR count). The number of hydrogen-bond donors (Lipinski definition) is 3. The van der Waals surface area contributed by atoms with Gasteiger partial charge in [0.1, 0.15) is 22.9 Å². The van der Waals surface area contributed by atoms with E-state index in [1.54, 1.807) is 42.4 Å². The number of urea groups is 1. The molecule has 0 fully saturated rings. The molecule has 47 heavy (non-hydrogen) atoms. The third-order valence-corrected chi connectivity index (χ3v) is 7.98. The van der Waals surface area contributed by atoms with E-state index in [4.69, 9.17) is 9.97 Å². The molecule has 0 aliphatic carbocycles. The molecule has 3 N–H and O–H groups in total. The van der Waals surface area contributed by atoms with Crippen LogP contribution in [0.2, 0.25) is 0 Å². The van der Waals surface area contributed by atoms with Gasteiger partial charge in [0.2, 0.25) is 0 Å². The number of fused-ring (bicyclic) bond motifs is 2. The summed E-state index contributed by atoms with van der Waals surface area (Å²) in [5.74, 6) is 6.04. The number of aryl methyl sites for hydroxylation is 1. The first-order chi connectivity index (χ1) is 22.9. The van der Waals surface area contributed by atoms with Crippen molar-refractivity contribution in [2.45, 2.75) is 26.4 Å². The van der Waals surface area contributed by atoms with Crippen molar-refractivity contribution in [1.82, 2.24) is 45.4 Å². The molecule has 0 radical (unpaired) electrons. The smallest absolute Gasteiger partial charge is 0.317 e. The molecule has 1 aromatic carbocycles. The van der Waals surface area contributed by atoms with E-state index < -0.39 is 0 Å². The molecule has 1 aliphatic heterocycles. The number of imidazole rings is 1. The Bertz CT molecular complexity index is 2060. The fourth-order valence-electron chi connectivity index (χ4n) is 5.58. The molecule has 0 saturated heterocycles. The molecule has 4 aromatic heterocycles. The van der Waals surface area contributed by atoms with Gasteiger partial charge in [0.25, 0.3) is 11.8 Å². The lowest BCUT2D eigenvalue weighted by atomic mass is 10.0. The zero-order valence-electron chi connectivity index (χ0n) is 26.3. The van der Waals surface area contributed by atoms with Gasteiger partial charge in [-0.3, -0.25) is 19.6 Å². The second-order valence-electron chi connectivity index (χ2n) is 10.8. The zero-order chi connectivity index (χ0) is 32.9. The van der Waals surface area contributed by atoms with Gasteiger partial charge in [-0.2, -0.15) is 0 Å². The third kappa shape index (κ3) is 6.37. The van der Waals surface area contributed by atoms with Crippen LogP contribution in [0.1, 0.15) is 45.1 Å². The number of amides is 4. The largest absolute Gasteiger partial charge is 0.354 e. The van der Waals surface area contributed by atoms with Crippen molar-refractivity contribution >= 4 is 28.6 Å². The average molecular weight is 628 g/mol. The normalized spacial score (nSPS) is 12.1. The van der Waals surface area contributed by atoms with Crippen LogP contribution in [0.3, 0.4) is 0 Å². The van der Waals surface area contributed by atoms with E-state index in [1.165, 1.54) is 7.05 Å². The van der Waals surface area contributed by atoms with Crippen molar-refractivity contribution in [2.24, 2.45) is 0 Å². The van der Waals surface area contributed by atoms with Crippen LogP contribution in [-0.2, 0) is 19.5 Å². The SMILES string of the molecule is CCc1nc(-c2cccc3cc(-c4ccc(C(=O)NCC#Cc5cccc(C(=O)NC)n5)nc4)ncc23)c2n1CCN(C(=O)NC)C2. The van der Waals surface area contributed by atoms with Gasteiger partial charge < -0.3 is 25.4 Å². The lowest BCUT2D eigenvalue weighted by Gasteiger charge is -2.29. The van der Waals surface area contributed by atoms with Gasteiger partial charge >= 0.3 is 6.03 Å². The second-order valence-corrected chi connectivity index (χ2v) is 10.8. The molecule has 12 heteroatoms. The Kier molecular flexibility index (Phi) is 8.88. The standard InChI is InChI=1S/C35H33N9O3/c1-4-31-42-32(30-21-43(35(47)37-3)16-17-44(30)31)25-11-5-8-22-18-29(40-20-26(22)25)23-13-14-27(39-19-23)34(46)38-15-7-10-24-9-6-12-28(41-24)33(45)36-2/h5-6,8-9,11-14,18-20H,4,15-17,21H2,1-3H3,(H,36,45)(H,37,47)(H,38,46). The molecular weight excluding hydrogens is 594 g/mol. The lowest BCUT2D eigenvalue weighted by molar-refractivity contribution is 0.0948. The van der Waals surface area contributed by atoms with E-state index in [9.17, 15) is 14.4 Å². The van der Waals surface area contributed by atoms with E-state index in [1.807, 2.05) is 36.5 Å². The molecule has 5 aromatic rings. The Labute approximate surface area is 271 Å². The van der Waals surface area contributed by atoms with Gasteiger partial charge in [-0.1, -0.05) is 37.1 Å². The molecular formula is C35H33N9O3. The van der Waals surface area contributed by atoms with Gasteiger partial charge in [-0.15, -0.1) is 0 Å². The Hall–Kier alpha value is -6.09. The van der Waals surface area contributed by atoms with Crippen LogP contribution in [-0.4, -0.2) is 74.4 Å². The van der Waals surface area contributed by atoms with Crippen LogP contribution in [0, 0.1) is 11.8 Å². The minimum absolute atomic E-state index is 0.0895. The molecule has 236 valence electrons. The van der Waals surface area contributed by atoms with Crippen LogP contribution in [0.4, 0.5) is 4.79 Å². The maximum atomic E-state index is 12.7. The predicted octanol–water partition coefficient (Wildman–Crippen LogP) is 3.41. The van der Waals surface area contributed by atoms with E-state index in [-0.39, 0.29) is 35.8 Å². The zero-order valence-corrected chi connectivity index (χ0v) is 26.3. The summed E-state index contributed by atoms with van der Waals surface area (Å²) in [6, 6.07) is 16.4. The number of aromatic nitrogens is 5. The van der Waals surface area contributed by atoms with Gasteiger partial charge in [0.05, 0.1) is 30.2 Å². The van der Waals surface area contributed by atoms with Crippen molar-refractivity contribution < 1.29 is 14.4 Å². The van der Waals surface area contributed by atoms with Gasteiger partial charge in [-0.05, 0) is 41.6 Å². The third-order valence-electron chi connectivity index (χ3n) is 7.98. The van der Waals surface area contributed by atoms with Gasteiger partial charge in [0.15, 0.2) is 0 Å². The summed E-state index contributed by atoms with van der Waals surface area (Å²) in [5, 5.41) is 9.93. The Morgan fingerprint density at radius 2 is 1.74 bits per heavy atom. The van der Waals surface area contributed by atoms with Crippen molar-refractivity contribution in [1.29, 1.82) is 0 Å². The fourth-order valence-corrected chi connectivity index (χ4v) is 5.58. The van der Waals surface area contributed by atoms with Crippen molar-refractivity contribution in [3.63, 3.8) is 0 Å². The summed E-state index contributed by atoms with van der Waals surface area (Å²) in [6.45, 7) is 3.99. The second kappa shape index (κ2) is 13.5. The summed E-state index contributed by atoms with van der Waals surface area (Å²) in [6.07, 6.45) is 4.26. The average Bonchev–Trinajstić information content (AvgIpc) is 3.50. The van der Waals surface area contributed by atoms with Crippen LogP contribution < -0.4 is 16.0 Å². The molecule has 12 nitrogen and oxygen atoms in total. The minimum atomic E-state index is -0.362. The molecule has 0 saturated carbocycles. The van der Waals surface area contributed by atoms with E-state index in [0.29, 0.717) is 25.3 Å². The summed E-state index contributed by atoms with van der Waals surface area (Å²) in [7, 11) is 3.18. The fraction of sp³-hybridized carbons (Fsp3) is 0.229. The first kappa shape index (κ1) is 30.9. The van der Waals surface area contributed by atoms with E-state index >= 15 is 0 Å². The van der Waals surface area contributed by atoms with Crippen molar-refractivity contribution in [2.75, 3.05) is 27.2 Å². The monoisotopic (exact) mass is 627 g/mol. The first-order valence-electron chi connectivity index (χ1n) is 15.3. The number of rotatable bonds is 6. The maximum absolute atomic E-state index is 12.7. The highest BCUT2D eigenvalue weighted by atomic mass is 16.2. The van der Waals surface area contributed by atoms with Gasteiger partial charge in [0, 0.05) is 62.5 Å². The summed E-state index contributed by atoms with van der Waals surface area (Å²) >= 11 is 0. The number of nitrogens with zero attached hydrogens (tertiary/aromatic N) is 6. The van der Waals surface area contributed by atoms with E-state index in [2.05, 4.69) is 49.3 Å². The molecule has 0 bridgehead atoms. The Morgan fingerprint density at radius 1 is 0.894 bits per heavy atom. The number of hydrogen-bond acceptors (Lipinski definition) is 7. The first-order valence-corrected chi connectivity index (χ1v) is 15.3. The highest BCUT2D eigenvalue weighted by Gasteiger charge is 2.27. The lowest BCUT2D eigenvalue weighted by Crippen LogP contribution is -2.43. The summed E-state index contributed by atoms with van der Waals surface area (Å²) in [4.78, 5) is 57.0. The number of carbonyl (C=O) groups excluding carboxylic acids is 3. The van der Waals surface area contributed by atoms with Crippen LogP contribution in [0.5, 0.6) is 0 Å². The highest BCUT2D eigenvalue weighted by Crippen LogP contribution is 2.34. The minimum Gasteiger partial charge on any atom is -0.354 e. The number of pyridine rings is 3. The molecule has 1 aliphatic rings. The van der Waals surface area contributed by atoms with Crippen molar-refractivity contribution in [3.8, 4) is 34.4 Å². The maximum Gasteiger partial charge on any atom is 0.317 e. The predicted molar refractivity (Wildman–Crippen MR) is 177 cm³/mol. The summed E-state index contributed by atoms with van der Waals surface area (Å²) < 4.78 is 2.23. The molecule has 0 atom stereocenters. The van der Waals surface area contributed by atoms with Gasteiger partial charge in [-0.25, -0.2) is 14.8 Å². The van der Waals surface area contributed by atoms with E-state index in [0.717, 1.165) is 51.2 Å². The Balaban J connectivity index is 1.18. The van der Waals surface area contributed by atoms with Crippen molar-refractivity contribution in [3.05, 3.63) is 95.6 Å². The molecule has 4 amide bonds. The molecule has 0 spiro atoms. The quantitative estimate of drug-likeness (QED) is 0.245. The molecule has 0 unspecified atom stereocenters. The van der Waals surface area contributed by atoms with Crippen LogP contribution in [0.25, 0.3) is 33.3 Å². The number of nitrogens with one attached hydrogen (secondary N) is 3. The van der Waals surface area contributed by atoms with Crippen LogP contribution in [0.15, 0.2) is 67.0 Å². The Morgan fingerprint density at radius 3 is 2.51 bits per heavy atom. The van der Waals surface area contributed by atoms with Crippen LogP contribution >= 0.6 is 0 Å². The number of carbonyl (C=O) groups is 3. The topological polar surface area (TPSA) is 147 Å². The summed E-state index contributed by atoms with van der Waals surface area (Å²) in [5.41, 5.74) is 5.29.